The number of H-pyrrole nitrogens is 1. The van der Waals surface area contributed by atoms with Gasteiger partial charge in [0.15, 0.2) is 0 Å². The van der Waals surface area contributed by atoms with E-state index in [1.54, 1.807) is 0 Å². The van der Waals surface area contributed by atoms with Crippen LogP contribution in [0.2, 0.25) is 0 Å². The van der Waals surface area contributed by atoms with Gasteiger partial charge in [0.25, 0.3) is 0 Å². The van der Waals surface area contributed by atoms with Crippen LogP contribution in [0.15, 0.2) is 6.20 Å². The fraction of sp³-hybridized carbons (Fsp3) is 0.727. The van der Waals surface area contributed by atoms with E-state index < -0.39 is 0 Å². The molecule has 1 saturated carbocycles. The zero-order chi connectivity index (χ0) is 9.26. The van der Waals surface area contributed by atoms with E-state index >= 15 is 0 Å². The number of nitrogens with one attached hydrogen (secondary N) is 1. The van der Waals surface area contributed by atoms with Crippen LogP contribution in [0.5, 0.6) is 0 Å². The fourth-order valence-electron chi connectivity index (χ4n) is 2.22. The molecule has 72 valence electrons. The van der Waals surface area contributed by atoms with Crippen LogP contribution in [0.3, 0.4) is 0 Å². The smallest absolute Gasteiger partial charge is 0.103 e. The Morgan fingerprint density at radius 2 is 2.00 bits per heavy atom. The van der Waals surface area contributed by atoms with E-state index in [1.165, 1.54) is 31.4 Å². The van der Waals surface area contributed by atoms with E-state index in [4.69, 9.17) is 0 Å². The molecule has 1 aromatic heterocycles. The monoisotopic (exact) mass is 178 g/mol. The second kappa shape index (κ2) is 3.52. The van der Waals surface area contributed by atoms with Gasteiger partial charge in [0.05, 0.1) is 0 Å². The van der Waals surface area contributed by atoms with E-state index in [0.717, 1.165) is 17.7 Å². The summed E-state index contributed by atoms with van der Waals surface area (Å²) < 4.78 is 0. The normalized spacial score (nSPS) is 29.1. The quantitative estimate of drug-likeness (QED) is 0.703. The Morgan fingerprint density at radius 3 is 2.54 bits per heavy atom. The van der Waals surface area contributed by atoms with Crippen molar-refractivity contribution >= 4 is 0 Å². The maximum absolute atomic E-state index is 4.26. The fourth-order valence-corrected chi connectivity index (χ4v) is 2.22. The van der Waals surface area contributed by atoms with Crippen LogP contribution in [-0.2, 0) is 0 Å². The van der Waals surface area contributed by atoms with Crippen LogP contribution in [-0.4, -0.2) is 9.97 Å². The zero-order valence-corrected chi connectivity index (χ0v) is 8.51. The van der Waals surface area contributed by atoms with Gasteiger partial charge < -0.3 is 4.98 Å². The second-order valence-corrected chi connectivity index (χ2v) is 4.38. The summed E-state index contributed by atoms with van der Waals surface area (Å²) in [6, 6.07) is 0. The lowest BCUT2D eigenvalue weighted by atomic mass is 9.82. The predicted octanol–water partition coefficient (Wildman–Crippen LogP) is 3.01. The Labute approximate surface area is 79.8 Å². The van der Waals surface area contributed by atoms with Crippen LogP contribution in [0.1, 0.15) is 50.0 Å². The van der Waals surface area contributed by atoms with Crippen molar-refractivity contribution in [3.63, 3.8) is 0 Å². The molecule has 0 atom stereocenters. The standard InChI is InChI=1S/C11H18N2/c1-8-3-5-10(6-4-8)11-7-12-9(2)13-11/h7-8,10H,3-6H2,1-2H3,(H,12,13). The minimum absolute atomic E-state index is 0.748. The molecule has 1 heterocycles. The number of aromatic nitrogens is 2. The van der Waals surface area contributed by atoms with E-state index in [9.17, 15) is 0 Å². The highest BCUT2D eigenvalue weighted by molar-refractivity contribution is 5.07. The highest BCUT2D eigenvalue weighted by Gasteiger charge is 2.20. The van der Waals surface area contributed by atoms with Crippen LogP contribution in [0.4, 0.5) is 0 Å². The average molecular weight is 178 g/mol. The summed E-state index contributed by atoms with van der Waals surface area (Å²) in [6.07, 6.45) is 7.44. The number of nitrogens with zero attached hydrogens (tertiary/aromatic N) is 1. The summed E-state index contributed by atoms with van der Waals surface area (Å²) in [5, 5.41) is 0. The molecule has 1 aliphatic carbocycles. The predicted molar refractivity (Wildman–Crippen MR) is 53.7 cm³/mol. The summed E-state index contributed by atoms with van der Waals surface area (Å²) in [7, 11) is 0. The van der Waals surface area contributed by atoms with Gasteiger partial charge in [0.1, 0.15) is 5.82 Å². The Morgan fingerprint density at radius 1 is 1.31 bits per heavy atom. The van der Waals surface area contributed by atoms with Crippen molar-refractivity contribution in [1.29, 1.82) is 0 Å². The highest BCUT2D eigenvalue weighted by Crippen LogP contribution is 2.34. The number of aryl methyl sites for hydroxylation is 1. The number of aromatic amines is 1. The Kier molecular flexibility index (Phi) is 2.38. The SMILES string of the molecule is Cc1ncc(C2CCC(C)CC2)[nH]1. The van der Waals surface area contributed by atoms with Crippen molar-refractivity contribution in [3.8, 4) is 0 Å². The molecule has 0 unspecified atom stereocenters. The lowest BCUT2D eigenvalue weighted by molar-refractivity contribution is 0.344. The van der Waals surface area contributed by atoms with Crippen LogP contribution in [0, 0.1) is 12.8 Å². The van der Waals surface area contributed by atoms with Crippen molar-refractivity contribution in [3.05, 3.63) is 17.7 Å². The van der Waals surface area contributed by atoms with Gasteiger partial charge in [-0.25, -0.2) is 4.98 Å². The molecule has 1 N–H and O–H groups in total. The Balaban J connectivity index is 2.02. The van der Waals surface area contributed by atoms with Gasteiger partial charge in [-0.3, -0.25) is 0 Å². The number of hydrogen-bond donors (Lipinski definition) is 1. The van der Waals surface area contributed by atoms with Gasteiger partial charge in [0, 0.05) is 17.8 Å². The number of rotatable bonds is 1. The largest absolute Gasteiger partial charge is 0.346 e. The zero-order valence-electron chi connectivity index (χ0n) is 8.51. The first-order valence-corrected chi connectivity index (χ1v) is 5.27. The molecule has 2 nitrogen and oxygen atoms in total. The van der Waals surface area contributed by atoms with E-state index in [1.807, 2.05) is 13.1 Å². The summed E-state index contributed by atoms with van der Waals surface area (Å²) in [4.78, 5) is 7.60. The van der Waals surface area contributed by atoms with Crippen molar-refractivity contribution < 1.29 is 0 Å². The second-order valence-electron chi connectivity index (χ2n) is 4.38. The van der Waals surface area contributed by atoms with Crippen molar-refractivity contribution in [1.82, 2.24) is 9.97 Å². The Bertz CT molecular complexity index is 269. The topological polar surface area (TPSA) is 28.7 Å². The molecule has 0 aromatic carbocycles. The van der Waals surface area contributed by atoms with E-state index in [0.29, 0.717) is 0 Å². The first-order chi connectivity index (χ1) is 6.25. The van der Waals surface area contributed by atoms with Gasteiger partial charge in [-0.2, -0.15) is 0 Å². The summed E-state index contributed by atoms with van der Waals surface area (Å²) >= 11 is 0. The molecule has 1 aliphatic rings. The van der Waals surface area contributed by atoms with Gasteiger partial charge in [0.2, 0.25) is 0 Å². The lowest BCUT2D eigenvalue weighted by Gasteiger charge is -2.24. The first-order valence-electron chi connectivity index (χ1n) is 5.27. The summed E-state index contributed by atoms with van der Waals surface area (Å²) in [6.45, 7) is 4.38. The molecule has 1 aromatic rings. The number of imidazole rings is 1. The third-order valence-corrected chi connectivity index (χ3v) is 3.18. The molecule has 2 rings (SSSR count). The van der Waals surface area contributed by atoms with Crippen LogP contribution in [0.25, 0.3) is 0 Å². The van der Waals surface area contributed by atoms with Crippen molar-refractivity contribution in [2.24, 2.45) is 5.92 Å². The highest BCUT2D eigenvalue weighted by atomic mass is 14.9. The molecular formula is C11H18N2. The molecular weight excluding hydrogens is 160 g/mol. The first kappa shape index (κ1) is 8.79. The average Bonchev–Trinajstić information content (AvgIpc) is 2.53. The maximum Gasteiger partial charge on any atom is 0.103 e. The third-order valence-electron chi connectivity index (χ3n) is 3.18. The van der Waals surface area contributed by atoms with Crippen LogP contribution < -0.4 is 0 Å². The maximum atomic E-state index is 4.26. The molecule has 0 amide bonds. The molecule has 0 radical (unpaired) electrons. The molecule has 0 aliphatic heterocycles. The molecule has 1 fully saturated rings. The van der Waals surface area contributed by atoms with Gasteiger partial charge >= 0.3 is 0 Å². The molecule has 13 heavy (non-hydrogen) atoms. The minimum atomic E-state index is 0.748. The molecule has 0 saturated heterocycles. The summed E-state index contributed by atoms with van der Waals surface area (Å²) in [5.74, 6) is 2.73. The number of hydrogen-bond acceptors (Lipinski definition) is 1. The molecule has 0 bridgehead atoms. The van der Waals surface area contributed by atoms with Crippen LogP contribution >= 0.6 is 0 Å². The van der Waals surface area contributed by atoms with Gasteiger partial charge in [-0.15, -0.1) is 0 Å². The van der Waals surface area contributed by atoms with E-state index in [2.05, 4.69) is 16.9 Å². The van der Waals surface area contributed by atoms with Crippen molar-refractivity contribution in [2.75, 3.05) is 0 Å². The van der Waals surface area contributed by atoms with Crippen molar-refractivity contribution in [2.45, 2.75) is 45.4 Å². The summed E-state index contributed by atoms with van der Waals surface area (Å²) in [5.41, 5.74) is 1.35. The molecule has 0 spiro atoms. The molecule has 2 heteroatoms. The lowest BCUT2D eigenvalue weighted by Crippen LogP contribution is -2.10. The van der Waals surface area contributed by atoms with Gasteiger partial charge in [-0.05, 0) is 25.7 Å². The van der Waals surface area contributed by atoms with E-state index in [-0.39, 0.29) is 0 Å². The third kappa shape index (κ3) is 1.93. The minimum Gasteiger partial charge on any atom is -0.346 e. The Hall–Kier alpha value is -0.790. The van der Waals surface area contributed by atoms with Gasteiger partial charge in [-0.1, -0.05) is 19.8 Å².